The van der Waals surface area contributed by atoms with Crippen molar-refractivity contribution in [2.75, 3.05) is 25.1 Å². The van der Waals surface area contributed by atoms with Crippen molar-refractivity contribution in [2.45, 2.75) is 12.8 Å². The number of ether oxygens (including phenoxy) is 2. The SMILES string of the molecule is Cn1cc(NC(=O)c2ccc(OCC3CCOCC3)nc2)cn1. The van der Waals surface area contributed by atoms with Crippen molar-refractivity contribution in [2.24, 2.45) is 13.0 Å². The number of amides is 1. The molecule has 0 aromatic carbocycles. The van der Waals surface area contributed by atoms with Gasteiger partial charge in [-0.2, -0.15) is 5.10 Å². The molecule has 1 aliphatic heterocycles. The number of nitrogens with one attached hydrogen (secondary N) is 1. The number of pyridine rings is 1. The highest BCUT2D eigenvalue weighted by atomic mass is 16.5. The average Bonchev–Trinajstić information content (AvgIpc) is 2.99. The molecular weight excluding hydrogens is 296 g/mol. The summed E-state index contributed by atoms with van der Waals surface area (Å²) in [7, 11) is 1.79. The van der Waals surface area contributed by atoms with Crippen molar-refractivity contribution >= 4 is 11.6 Å². The molecule has 122 valence electrons. The molecule has 2 aromatic rings. The highest BCUT2D eigenvalue weighted by Crippen LogP contribution is 2.17. The minimum atomic E-state index is -0.221. The minimum absolute atomic E-state index is 0.221. The molecule has 7 heteroatoms. The minimum Gasteiger partial charge on any atom is -0.477 e. The van der Waals surface area contributed by atoms with Gasteiger partial charge in [0, 0.05) is 38.7 Å². The number of nitrogens with zero attached hydrogens (tertiary/aromatic N) is 3. The maximum Gasteiger partial charge on any atom is 0.257 e. The molecule has 0 radical (unpaired) electrons. The van der Waals surface area contributed by atoms with Crippen LogP contribution in [-0.2, 0) is 11.8 Å². The number of anilines is 1. The highest BCUT2D eigenvalue weighted by molar-refractivity contribution is 6.03. The van der Waals surface area contributed by atoms with Gasteiger partial charge in [-0.1, -0.05) is 0 Å². The molecule has 1 saturated heterocycles. The lowest BCUT2D eigenvalue weighted by Gasteiger charge is -2.21. The predicted molar refractivity (Wildman–Crippen MR) is 84.4 cm³/mol. The Morgan fingerprint density at radius 1 is 1.39 bits per heavy atom. The Hall–Kier alpha value is -2.41. The van der Waals surface area contributed by atoms with E-state index in [1.165, 1.54) is 6.20 Å². The van der Waals surface area contributed by atoms with E-state index in [4.69, 9.17) is 9.47 Å². The van der Waals surface area contributed by atoms with Gasteiger partial charge >= 0.3 is 0 Å². The summed E-state index contributed by atoms with van der Waals surface area (Å²) >= 11 is 0. The predicted octanol–water partition coefficient (Wildman–Crippen LogP) is 1.87. The monoisotopic (exact) mass is 316 g/mol. The van der Waals surface area contributed by atoms with Crippen molar-refractivity contribution in [3.63, 3.8) is 0 Å². The van der Waals surface area contributed by atoms with E-state index < -0.39 is 0 Å². The average molecular weight is 316 g/mol. The third-order valence-electron chi connectivity index (χ3n) is 3.77. The lowest BCUT2D eigenvalue weighted by atomic mass is 10.0. The van der Waals surface area contributed by atoms with E-state index in [9.17, 15) is 4.79 Å². The first-order valence-electron chi connectivity index (χ1n) is 7.67. The van der Waals surface area contributed by atoms with Gasteiger partial charge in [0.25, 0.3) is 5.91 Å². The van der Waals surface area contributed by atoms with E-state index in [1.807, 2.05) is 0 Å². The second-order valence-corrected chi connectivity index (χ2v) is 5.61. The molecule has 7 nitrogen and oxygen atoms in total. The molecule has 0 unspecified atom stereocenters. The molecule has 1 fully saturated rings. The molecule has 0 saturated carbocycles. The zero-order chi connectivity index (χ0) is 16.1. The number of aryl methyl sites for hydroxylation is 1. The van der Waals surface area contributed by atoms with E-state index >= 15 is 0 Å². The topological polar surface area (TPSA) is 78.3 Å². The maximum atomic E-state index is 12.1. The highest BCUT2D eigenvalue weighted by Gasteiger charge is 2.15. The zero-order valence-electron chi connectivity index (χ0n) is 13.1. The van der Waals surface area contributed by atoms with Gasteiger partial charge in [-0.15, -0.1) is 0 Å². The van der Waals surface area contributed by atoms with Gasteiger partial charge in [-0.05, 0) is 24.8 Å². The van der Waals surface area contributed by atoms with Crippen LogP contribution in [0.15, 0.2) is 30.7 Å². The molecule has 2 aromatic heterocycles. The number of aromatic nitrogens is 3. The van der Waals surface area contributed by atoms with E-state index in [-0.39, 0.29) is 5.91 Å². The van der Waals surface area contributed by atoms with Crippen LogP contribution < -0.4 is 10.1 Å². The number of hydrogen-bond acceptors (Lipinski definition) is 5. The summed E-state index contributed by atoms with van der Waals surface area (Å²) in [6.07, 6.45) is 6.88. The van der Waals surface area contributed by atoms with Crippen LogP contribution in [0.2, 0.25) is 0 Å². The molecule has 0 bridgehead atoms. The van der Waals surface area contributed by atoms with E-state index in [0.29, 0.717) is 29.7 Å². The van der Waals surface area contributed by atoms with Crippen molar-refractivity contribution in [3.8, 4) is 5.88 Å². The lowest BCUT2D eigenvalue weighted by molar-refractivity contribution is 0.0490. The van der Waals surface area contributed by atoms with Crippen molar-refractivity contribution in [3.05, 3.63) is 36.3 Å². The number of carbonyl (C=O) groups excluding carboxylic acids is 1. The van der Waals surface area contributed by atoms with E-state index in [0.717, 1.165) is 26.1 Å². The van der Waals surface area contributed by atoms with Crippen LogP contribution in [0, 0.1) is 5.92 Å². The van der Waals surface area contributed by atoms with Crippen LogP contribution in [-0.4, -0.2) is 40.5 Å². The van der Waals surface area contributed by atoms with Crippen molar-refractivity contribution in [1.29, 1.82) is 0 Å². The van der Waals surface area contributed by atoms with Gasteiger partial charge in [0.2, 0.25) is 5.88 Å². The largest absolute Gasteiger partial charge is 0.477 e. The quantitative estimate of drug-likeness (QED) is 0.911. The molecule has 3 heterocycles. The number of hydrogen-bond donors (Lipinski definition) is 1. The third-order valence-corrected chi connectivity index (χ3v) is 3.77. The smallest absolute Gasteiger partial charge is 0.257 e. The summed E-state index contributed by atoms with van der Waals surface area (Å²) in [6.45, 7) is 2.24. The molecule has 1 N–H and O–H groups in total. The Balaban J connectivity index is 1.52. The van der Waals surface area contributed by atoms with Gasteiger partial charge in [0.15, 0.2) is 0 Å². The van der Waals surface area contributed by atoms with Crippen LogP contribution in [0.1, 0.15) is 23.2 Å². The molecular formula is C16H20N4O3. The molecule has 0 aliphatic carbocycles. The van der Waals surface area contributed by atoms with Crippen LogP contribution in [0.25, 0.3) is 0 Å². The second-order valence-electron chi connectivity index (χ2n) is 5.61. The fourth-order valence-corrected chi connectivity index (χ4v) is 2.41. The van der Waals surface area contributed by atoms with Gasteiger partial charge in [-0.3, -0.25) is 9.48 Å². The summed E-state index contributed by atoms with van der Waals surface area (Å²) < 4.78 is 12.6. The van der Waals surface area contributed by atoms with Gasteiger partial charge in [-0.25, -0.2) is 4.98 Å². The zero-order valence-corrected chi connectivity index (χ0v) is 13.1. The van der Waals surface area contributed by atoms with Crippen LogP contribution >= 0.6 is 0 Å². The maximum absolute atomic E-state index is 12.1. The Morgan fingerprint density at radius 3 is 2.87 bits per heavy atom. The first-order chi connectivity index (χ1) is 11.2. The third kappa shape index (κ3) is 4.29. The summed E-state index contributed by atoms with van der Waals surface area (Å²) in [6, 6.07) is 3.43. The Kier molecular flexibility index (Phi) is 4.87. The van der Waals surface area contributed by atoms with Crippen LogP contribution in [0.3, 0.4) is 0 Å². The summed E-state index contributed by atoms with van der Waals surface area (Å²) in [5, 5.41) is 6.77. The molecule has 1 aliphatic rings. The van der Waals surface area contributed by atoms with E-state index in [1.54, 1.807) is 36.3 Å². The van der Waals surface area contributed by atoms with E-state index in [2.05, 4.69) is 15.4 Å². The first kappa shape index (κ1) is 15.5. The van der Waals surface area contributed by atoms with Gasteiger partial charge < -0.3 is 14.8 Å². The summed E-state index contributed by atoms with van der Waals surface area (Å²) in [5.74, 6) is 0.829. The fraction of sp³-hybridized carbons (Fsp3) is 0.438. The van der Waals surface area contributed by atoms with Crippen LogP contribution in [0.4, 0.5) is 5.69 Å². The first-order valence-corrected chi connectivity index (χ1v) is 7.67. The number of rotatable bonds is 5. The normalized spacial score (nSPS) is 15.3. The molecule has 0 spiro atoms. The lowest BCUT2D eigenvalue weighted by Crippen LogP contribution is -2.21. The van der Waals surface area contributed by atoms with Gasteiger partial charge in [0.05, 0.1) is 24.1 Å². The van der Waals surface area contributed by atoms with Crippen molar-refractivity contribution in [1.82, 2.24) is 14.8 Å². The molecule has 0 atom stereocenters. The van der Waals surface area contributed by atoms with Crippen molar-refractivity contribution < 1.29 is 14.3 Å². The van der Waals surface area contributed by atoms with Gasteiger partial charge in [0.1, 0.15) is 0 Å². The fourth-order valence-electron chi connectivity index (χ4n) is 2.41. The Labute approximate surface area is 134 Å². The molecule has 1 amide bonds. The standard InChI is InChI=1S/C16H20N4O3/c1-20-10-14(9-18-20)19-16(21)13-2-3-15(17-8-13)23-11-12-4-6-22-7-5-12/h2-3,8-10,12H,4-7,11H2,1H3,(H,19,21). The van der Waals surface area contributed by atoms with Crippen LogP contribution in [0.5, 0.6) is 5.88 Å². The molecule has 3 rings (SSSR count). The summed E-state index contributed by atoms with van der Waals surface area (Å²) in [4.78, 5) is 16.3. The second kappa shape index (κ2) is 7.23. The Bertz CT molecular complexity index is 648. The molecule has 23 heavy (non-hydrogen) atoms. The number of carbonyl (C=O) groups is 1. The Morgan fingerprint density at radius 2 is 2.22 bits per heavy atom. The summed E-state index contributed by atoms with van der Waals surface area (Å²) in [5.41, 5.74) is 1.13.